The van der Waals surface area contributed by atoms with Crippen LogP contribution in [0.15, 0.2) is 24.4 Å². The Morgan fingerprint density at radius 3 is 2.89 bits per heavy atom. The van der Waals surface area contributed by atoms with Gasteiger partial charge in [-0.25, -0.2) is 4.79 Å². The molecule has 2 fully saturated rings. The van der Waals surface area contributed by atoms with Gasteiger partial charge in [-0.05, 0) is 60.0 Å². The third-order valence-electron chi connectivity index (χ3n) is 6.23. The van der Waals surface area contributed by atoms with Crippen LogP contribution in [-0.2, 0) is 22.6 Å². The number of piperidine rings is 1. The lowest BCUT2D eigenvalue weighted by atomic mass is 9.96. The summed E-state index contributed by atoms with van der Waals surface area (Å²) in [4.78, 5) is 26.5. The number of aromatic nitrogens is 1. The van der Waals surface area contributed by atoms with E-state index in [9.17, 15) is 9.59 Å². The fourth-order valence-electron chi connectivity index (χ4n) is 4.62. The second-order valence-electron chi connectivity index (χ2n) is 7.68. The molecule has 5 rings (SSSR count). The van der Waals surface area contributed by atoms with E-state index in [2.05, 4.69) is 27.6 Å². The van der Waals surface area contributed by atoms with Crippen molar-refractivity contribution >= 4 is 28.4 Å². The summed E-state index contributed by atoms with van der Waals surface area (Å²) in [5, 5.41) is 3.81. The maximum atomic E-state index is 12.4. The predicted octanol–water partition coefficient (Wildman–Crippen LogP) is 2.48. The Morgan fingerprint density at radius 1 is 1.33 bits per heavy atom. The average Bonchev–Trinajstić information content (AvgIpc) is 3.10. The molecule has 3 aliphatic rings. The van der Waals surface area contributed by atoms with Crippen LogP contribution >= 0.6 is 11.5 Å². The van der Waals surface area contributed by atoms with Gasteiger partial charge in [0, 0.05) is 37.3 Å². The van der Waals surface area contributed by atoms with Crippen molar-refractivity contribution in [2.75, 3.05) is 25.0 Å². The lowest BCUT2D eigenvalue weighted by molar-refractivity contribution is -0.118. The van der Waals surface area contributed by atoms with E-state index < -0.39 is 0 Å². The topological polar surface area (TPSA) is 71.5 Å². The molecule has 2 aromatic rings. The summed E-state index contributed by atoms with van der Waals surface area (Å²) >= 11 is 1.32. The number of likely N-dealkylation sites (tertiary alicyclic amines) is 1. The van der Waals surface area contributed by atoms with E-state index in [0.717, 1.165) is 36.6 Å². The zero-order valence-corrected chi connectivity index (χ0v) is 15.9. The number of fused-ring (bicyclic) bond motifs is 2. The molecule has 1 aromatic carbocycles. The normalized spacial score (nSPS) is 25.8. The third kappa shape index (κ3) is 2.95. The van der Waals surface area contributed by atoms with E-state index in [4.69, 9.17) is 4.74 Å². The van der Waals surface area contributed by atoms with Crippen LogP contribution in [0.3, 0.4) is 0 Å². The highest BCUT2D eigenvalue weighted by atomic mass is 32.1. The minimum Gasteiger partial charge on any atom is -0.457 e. The number of carbonyl (C=O) groups excluding carboxylic acids is 2. The number of rotatable bonds is 5. The lowest BCUT2D eigenvalue weighted by Crippen LogP contribution is -2.30. The van der Waals surface area contributed by atoms with Crippen LogP contribution in [0.4, 0.5) is 5.00 Å². The number of nitrogens with zero attached hydrogens (tertiary/aromatic N) is 2. The number of carbonyl (C=O) groups is 2. The van der Waals surface area contributed by atoms with Gasteiger partial charge in [0.2, 0.25) is 5.91 Å². The van der Waals surface area contributed by atoms with Crippen molar-refractivity contribution < 1.29 is 14.3 Å². The first-order chi connectivity index (χ1) is 13.1. The van der Waals surface area contributed by atoms with Gasteiger partial charge in [-0.2, -0.15) is 4.37 Å². The molecule has 0 radical (unpaired) electrons. The molecule has 0 spiro atoms. The maximum absolute atomic E-state index is 12.4. The van der Waals surface area contributed by atoms with Crippen molar-refractivity contribution in [1.82, 2.24) is 9.27 Å². The van der Waals surface area contributed by atoms with E-state index in [1.54, 1.807) is 6.20 Å². The fourth-order valence-corrected chi connectivity index (χ4v) is 5.12. The summed E-state index contributed by atoms with van der Waals surface area (Å²) in [6, 6.07) is 5.79. The smallest absolute Gasteiger partial charge is 0.338 e. The minimum absolute atomic E-state index is 0.146. The molecule has 1 N–H and O–H groups in total. The van der Waals surface area contributed by atoms with Crippen molar-refractivity contribution in [1.29, 1.82) is 0 Å². The van der Waals surface area contributed by atoms with E-state index in [-0.39, 0.29) is 17.8 Å². The summed E-state index contributed by atoms with van der Waals surface area (Å²) in [6.45, 7) is 5.47. The van der Waals surface area contributed by atoms with E-state index in [1.807, 2.05) is 12.1 Å². The molecule has 1 aromatic heterocycles. The Bertz CT molecular complexity index is 899. The molecule has 1 saturated heterocycles. The van der Waals surface area contributed by atoms with E-state index in [0.29, 0.717) is 24.0 Å². The van der Waals surface area contributed by atoms with Crippen LogP contribution in [0, 0.1) is 24.7 Å². The van der Waals surface area contributed by atoms with Gasteiger partial charge in [0.25, 0.3) is 0 Å². The van der Waals surface area contributed by atoms with Crippen LogP contribution in [0.1, 0.15) is 27.0 Å². The molecular formula is C20H21N3O3S. The zero-order valence-electron chi connectivity index (χ0n) is 15.1. The van der Waals surface area contributed by atoms with Gasteiger partial charge in [0.15, 0.2) is 0 Å². The molecule has 2 aliphatic heterocycles. The largest absolute Gasteiger partial charge is 0.457 e. The minimum atomic E-state index is -0.207. The highest BCUT2D eigenvalue weighted by molar-refractivity contribution is 7.10. The number of hydrogen-bond acceptors (Lipinski definition) is 6. The highest BCUT2D eigenvalue weighted by Gasteiger charge is 2.59. The molecule has 140 valence electrons. The van der Waals surface area contributed by atoms with Gasteiger partial charge >= 0.3 is 5.97 Å². The molecule has 1 aliphatic carbocycles. The van der Waals surface area contributed by atoms with Crippen molar-refractivity contribution in [2.45, 2.75) is 20.0 Å². The van der Waals surface area contributed by atoms with Gasteiger partial charge in [0.05, 0.1) is 5.56 Å². The first-order valence-corrected chi connectivity index (χ1v) is 10.1. The number of esters is 1. The number of ether oxygens (including phenoxy) is 1. The van der Waals surface area contributed by atoms with Crippen LogP contribution in [0.5, 0.6) is 0 Å². The summed E-state index contributed by atoms with van der Waals surface area (Å²) in [7, 11) is 0. The van der Waals surface area contributed by atoms with Gasteiger partial charge < -0.3 is 15.0 Å². The van der Waals surface area contributed by atoms with Crippen molar-refractivity contribution in [2.24, 2.45) is 17.8 Å². The quantitative estimate of drug-likeness (QED) is 0.803. The van der Waals surface area contributed by atoms with Crippen LogP contribution in [-0.4, -0.2) is 40.8 Å². The lowest BCUT2D eigenvalue weighted by Gasteiger charge is -2.20. The predicted molar refractivity (Wildman–Crippen MR) is 102 cm³/mol. The van der Waals surface area contributed by atoms with E-state index >= 15 is 0 Å². The number of cyclic esters (lactones) is 1. The number of hydrogen-bond donors (Lipinski definition) is 1. The van der Waals surface area contributed by atoms with Crippen molar-refractivity contribution in [3.63, 3.8) is 0 Å². The Hall–Kier alpha value is -2.25. The number of benzene rings is 1. The van der Waals surface area contributed by atoms with Gasteiger partial charge in [-0.15, -0.1) is 0 Å². The second kappa shape index (κ2) is 6.42. The van der Waals surface area contributed by atoms with Crippen LogP contribution < -0.4 is 5.32 Å². The Balaban J connectivity index is 1.14. The molecule has 2 unspecified atom stereocenters. The van der Waals surface area contributed by atoms with Crippen molar-refractivity contribution in [3.05, 3.63) is 46.6 Å². The molecular weight excluding hydrogens is 362 g/mol. The summed E-state index contributed by atoms with van der Waals surface area (Å²) < 4.78 is 9.16. The summed E-state index contributed by atoms with van der Waals surface area (Å²) in [5.41, 5.74) is 4.23. The van der Waals surface area contributed by atoms with Gasteiger partial charge in [-0.3, -0.25) is 4.79 Å². The summed E-state index contributed by atoms with van der Waals surface area (Å²) in [5.74, 6) is 1.08. The number of anilines is 1. The second-order valence-corrected chi connectivity index (χ2v) is 8.51. The van der Waals surface area contributed by atoms with Gasteiger partial charge in [-0.1, -0.05) is 6.07 Å². The van der Waals surface area contributed by atoms with Crippen LogP contribution in [0.2, 0.25) is 0 Å². The van der Waals surface area contributed by atoms with E-state index in [1.165, 1.54) is 22.7 Å². The molecule has 3 heterocycles. The molecule has 6 nitrogen and oxygen atoms in total. The fraction of sp³-hybridized carbons (Fsp3) is 0.450. The molecule has 1 amide bonds. The Kier molecular flexibility index (Phi) is 4.02. The van der Waals surface area contributed by atoms with Gasteiger partial charge in [0.1, 0.15) is 11.6 Å². The zero-order chi connectivity index (χ0) is 18.5. The average molecular weight is 383 g/mol. The standard InChI is InChI=1S/C20H21N3O3S/c1-11-12(2-3-13-16(11)10-26-20(13)25)5-7-23-8-14-15(9-23)18(14)19(24)22-17-4-6-21-27-17/h2-4,6,14-15,18H,5,7-10H2,1H3,(H,22,24). The molecule has 0 bridgehead atoms. The molecule has 27 heavy (non-hydrogen) atoms. The Labute approximate surface area is 161 Å². The number of nitrogens with one attached hydrogen (secondary N) is 1. The highest BCUT2D eigenvalue weighted by Crippen LogP contribution is 2.52. The molecule has 2 atom stereocenters. The first kappa shape index (κ1) is 16.9. The first-order valence-electron chi connectivity index (χ1n) is 9.34. The third-order valence-corrected chi connectivity index (χ3v) is 6.89. The van der Waals surface area contributed by atoms with Crippen LogP contribution in [0.25, 0.3) is 0 Å². The molecule has 1 saturated carbocycles. The summed E-state index contributed by atoms with van der Waals surface area (Å²) in [6.07, 6.45) is 2.67. The Morgan fingerprint density at radius 2 is 2.15 bits per heavy atom. The SMILES string of the molecule is Cc1c(CCN2CC3C(C2)C3C(=O)Nc2ccns2)ccc2c1COC2=O. The monoisotopic (exact) mass is 383 g/mol. The maximum Gasteiger partial charge on any atom is 0.338 e. The number of amides is 1. The van der Waals surface area contributed by atoms with Crippen molar-refractivity contribution in [3.8, 4) is 0 Å². The molecule has 7 heteroatoms.